The number of rotatable bonds is 29. The molecule has 0 aliphatic heterocycles. The number of benzene rings is 5. The van der Waals surface area contributed by atoms with Crippen molar-refractivity contribution in [3.05, 3.63) is 181 Å². The summed E-state index contributed by atoms with van der Waals surface area (Å²) in [4.78, 5) is 64.0. The van der Waals surface area contributed by atoms with Gasteiger partial charge in [-0.1, -0.05) is 55.6 Å². The molecule has 6 aromatic rings. The molecule has 77 heavy (non-hydrogen) atoms. The third-order valence-corrected chi connectivity index (χ3v) is 11.8. The molecule has 0 radical (unpaired) electrons. The van der Waals surface area contributed by atoms with Crippen LogP contribution in [0.3, 0.4) is 0 Å². The summed E-state index contributed by atoms with van der Waals surface area (Å²) in [5, 5.41) is 2.55. The van der Waals surface area contributed by atoms with Crippen LogP contribution in [0.4, 0.5) is 0 Å². The SMILES string of the molecule is C=CC(=O)OCCCCCCOC(=O)c1ccc(C#Cc2ccc3c(c2)nc(Oc2ccc(OCCCCCCOC(=O)C=C)cc2)c2cc(C#Cc4ccc(C(=O)OCCCCCCOC(=O)C=C)cc4)ccc23)cc1. The van der Waals surface area contributed by atoms with E-state index in [0.29, 0.717) is 86.5 Å². The second-order valence-electron chi connectivity index (χ2n) is 17.6. The zero-order valence-corrected chi connectivity index (χ0v) is 43.3. The van der Waals surface area contributed by atoms with Gasteiger partial charge in [-0.15, -0.1) is 0 Å². The van der Waals surface area contributed by atoms with E-state index >= 15 is 0 Å². The maximum absolute atomic E-state index is 12.7. The second kappa shape index (κ2) is 31.7. The third kappa shape index (κ3) is 19.7. The van der Waals surface area contributed by atoms with Crippen LogP contribution in [0.15, 0.2) is 147 Å². The fraction of sp³-hybridized carbons (Fsp3) is 0.281. The van der Waals surface area contributed by atoms with Gasteiger partial charge in [-0.2, -0.15) is 0 Å². The van der Waals surface area contributed by atoms with Crippen molar-refractivity contribution in [2.45, 2.75) is 77.0 Å². The van der Waals surface area contributed by atoms with Gasteiger partial charge in [-0.05, 0) is 179 Å². The topological polar surface area (TPSA) is 163 Å². The summed E-state index contributed by atoms with van der Waals surface area (Å²) in [6.07, 6.45) is 13.2. The Kier molecular flexibility index (Phi) is 23.6. The number of hydrogen-bond acceptors (Lipinski definition) is 13. The molecule has 0 fully saturated rings. The van der Waals surface area contributed by atoms with E-state index in [1.54, 1.807) is 48.5 Å². The molecular weight excluding hydrogens is 975 g/mol. The number of hydrogen-bond donors (Lipinski definition) is 0. The predicted octanol–water partition coefficient (Wildman–Crippen LogP) is 12.5. The van der Waals surface area contributed by atoms with E-state index < -0.39 is 29.8 Å². The third-order valence-electron chi connectivity index (χ3n) is 11.8. The number of esters is 5. The summed E-state index contributed by atoms with van der Waals surface area (Å²) in [7, 11) is 0. The van der Waals surface area contributed by atoms with Crippen molar-refractivity contribution in [2.24, 2.45) is 0 Å². The van der Waals surface area contributed by atoms with E-state index in [4.69, 9.17) is 38.1 Å². The predicted molar refractivity (Wildman–Crippen MR) is 296 cm³/mol. The minimum Gasteiger partial charge on any atom is -0.494 e. The van der Waals surface area contributed by atoms with Crippen molar-refractivity contribution in [1.29, 1.82) is 0 Å². The average molecular weight is 1040 g/mol. The van der Waals surface area contributed by atoms with Gasteiger partial charge in [-0.3, -0.25) is 0 Å². The van der Waals surface area contributed by atoms with Crippen LogP contribution in [0.1, 0.15) is 120 Å². The first-order chi connectivity index (χ1) is 37.6. The second-order valence-corrected chi connectivity index (χ2v) is 17.6. The normalized spacial score (nSPS) is 10.4. The Balaban J connectivity index is 1.11. The van der Waals surface area contributed by atoms with Crippen LogP contribution in [0.5, 0.6) is 17.4 Å². The van der Waals surface area contributed by atoms with Gasteiger partial charge in [0.25, 0.3) is 0 Å². The number of pyridine rings is 1. The van der Waals surface area contributed by atoms with Crippen LogP contribution in [-0.2, 0) is 38.1 Å². The van der Waals surface area contributed by atoms with Crippen molar-refractivity contribution in [2.75, 3.05) is 39.6 Å². The molecule has 13 nitrogen and oxygen atoms in total. The molecule has 0 atom stereocenters. The van der Waals surface area contributed by atoms with E-state index in [0.717, 1.165) is 121 Å². The quantitative estimate of drug-likeness (QED) is 0.0109. The van der Waals surface area contributed by atoms with Gasteiger partial charge in [0.2, 0.25) is 5.88 Å². The summed E-state index contributed by atoms with van der Waals surface area (Å²) in [6.45, 7) is 12.4. The van der Waals surface area contributed by atoms with Gasteiger partial charge in [0, 0.05) is 51.3 Å². The summed E-state index contributed by atoms with van der Waals surface area (Å²) in [5.41, 5.74) is 4.44. The number of fused-ring (bicyclic) bond motifs is 3. The fourth-order valence-corrected chi connectivity index (χ4v) is 7.65. The molecule has 5 aromatic carbocycles. The molecule has 13 heteroatoms. The lowest BCUT2D eigenvalue weighted by molar-refractivity contribution is -0.138. The molecule has 0 spiro atoms. The highest BCUT2D eigenvalue weighted by Gasteiger charge is 2.14. The number of carbonyl (C=O) groups is 5. The fourth-order valence-electron chi connectivity index (χ4n) is 7.65. The number of ether oxygens (including phenoxy) is 7. The zero-order valence-electron chi connectivity index (χ0n) is 43.3. The molecule has 0 bridgehead atoms. The maximum atomic E-state index is 12.7. The first-order valence-electron chi connectivity index (χ1n) is 25.9. The minimum atomic E-state index is -0.432. The van der Waals surface area contributed by atoms with E-state index in [1.807, 2.05) is 60.7 Å². The molecule has 0 aliphatic rings. The summed E-state index contributed by atoms with van der Waals surface area (Å²) < 4.78 is 38.5. The van der Waals surface area contributed by atoms with Gasteiger partial charge < -0.3 is 33.2 Å². The van der Waals surface area contributed by atoms with Crippen LogP contribution in [0, 0.1) is 23.7 Å². The lowest BCUT2D eigenvalue weighted by Gasteiger charge is -2.12. The number of carbonyl (C=O) groups excluding carboxylic acids is 5. The van der Waals surface area contributed by atoms with Gasteiger partial charge >= 0.3 is 29.8 Å². The molecule has 0 aliphatic carbocycles. The highest BCUT2D eigenvalue weighted by Crippen LogP contribution is 2.35. The van der Waals surface area contributed by atoms with Crippen molar-refractivity contribution in [3.8, 4) is 41.1 Å². The largest absolute Gasteiger partial charge is 0.494 e. The lowest BCUT2D eigenvalue weighted by atomic mass is 10.0. The maximum Gasteiger partial charge on any atom is 0.338 e. The minimum absolute atomic E-state index is 0.294. The van der Waals surface area contributed by atoms with Gasteiger partial charge in [0.05, 0.1) is 56.3 Å². The van der Waals surface area contributed by atoms with Gasteiger partial charge in [0.15, 0.2) is 0 Å². The molecular formula is C64H63NO12. The van der Waals surface area contributed by atoms with Gasteiger partial charge in [0.1, 0.15) is 11.5 Å². The molecule has 0 amide bonds. The Morgan fingerprint density at radius 1 is 0.390 bits per heavy atom. The Labute approximate surface area is 450 Å². The van der Waals surface area contributed by atoms with Crippen LogP contribution in [-0.4, -0.2) is 74.5 Å². The molecule has 1 heterocycles. The van der Waals surface area contributed by atoms with Crippen molar-refractivity contribution >= 4 is 51.5 Å². The number of unbranched alkanes of at least 4 members (excludes halogenated alkanes) is 9. The van der Waals surface area contributed by atoms with Crippen LogP contribution < -0.4 is 9.47 Å². The monoisotopic (exact) mass is 1040 g/mol. The summed E-state index contributed by atoms with van der Waals surface area (Å²) in [5.74, 6) is 12.5. The van der Waals surface area contributed by atoms with E-state index in [1.165, 1.54) is 0 Å². The van der Waals surface area contributed by atoms with E-state index in [-0.39, 0.29) is 0 Å². The van der Waals surface area contributed by atoms with Crippen molar-refractivity contribution in [1.82, 2.24) is 4.98 Å². The molecule has 0 saturated heterocycles. The number of aromatic nitrogens is 1. The Morgan fingerprint density at radius 3 is 1.22 bits per heavy atom. The van der Waals surface area contributed by atoms with Gasteiger partial charge in [-0.25, -0.2) is 29.0 Å². The van der Waals surface area contributed by atoms with Crippen LogP contribution in [0.25, 0.3) is 21.7 Å². The summed E-state index contributed by atoms with van der Waals surface area (Å²) >= 11 is 0. The molecule has 396 valence electrons. The average Bonchev–Trinajstić information content (AvgIpc) is 3.46. The first kappa shape index (κ1) is 57.3. The molecule has 6 rings (SSSR count). The Bertz CT molecular complexity index is 3120. The first-order valence-corrected chi connectivity index (χ1v) is 25.9. The molecule has 0 N–H and O–H groups in total. The summed E-state index contributed by atoms with van der Waals surface area (Å²) in [6, 6.07) is 33.1. The number of nitrogens with zero attached hydrogens (tertiary/aromatic N) is 1. The molecule has 1 aromatic heterocycles. The highest BCUT2D eigenvalue weighted by atomic mass is 16.5. The Hall–Kier alpha value is -8.94. The molecule has 0 unspecified atom stereocenters. The van der Waals surface area contributed by atoms with Crippen LogP contribution in [0.2, 0.25) is 0 Å². The smallest absolute Gasteiger partial charge is 0.338 e. The van der Waals surface area contributed by atoms with Crippen LogP contribution >= 0.6 is 0 Å². The van der Waals surface area contributed by atoms with Crippen molar-refractivity contribution < 1.29 is 57.1 Å². The Morgan fingerprint density at radius 2 is 0.766 bits per heavy atom. The van der Waals surface area contributed by atoms with E-state index in [9.17, 15) is 24.0 Å². The lowest BCUT2D eigenvalue weighted by Crippen LogP contribution is -2.06. The van der Waals surface area contributed by atoms with E-state index in [2.05, 4.69) is 43.4 Å². The standard InChI is InChI=1S/C64H63NO12/c1-4-59(66)72-40-14-8-7-13-39-71-53-33-35-54(36-34-53)77-62-57-45-49(21-19-47-23-29-51(30-24-47)63(69)75-43-17-11-9-15-41-73-60(67)5-2)27-37-55(57)56-38-28-50(46-58(56)65-62)22-20-48-25-31-52(32-26-48)64(70)76-44-18-12-10-16-42-74-61(68)6-3/h4-6,23-38,45-46H,1-3,7-18,39-44H2. The zero-order chi connectivity index (χ0) is 54.5. The highest BCUT2D eigenvalue weighted by molar-refractivity contribution is 6.08. The molecule has 0 saturated carbocycles. The van der Waals surface area contributed by atoms with Crippen molar-refractivity contribution in [3.63, 3.8) is 0 Å².